The minimum atomic E-state index is -3.69. The van der Waals surface area contributed by atoms with Crippen LogP contribution in [-0.2, 0) is 16.6 Å². The van der Waals surface area contributed by atoms with Crippen molar-refractivity contribution in [1.82, 2.24) is 10.2 Å². The maximum absolute atomic E-state index is 12.9. The highest BCUT2D eigenvalue weighted by Gasteiger charge is 2.28. The number of nitrogens with two attached hydrogens (primary N) is 1. The average Bonchev–Trinajstić information content (AvgIpc) is 2.98. The first-order valence-corrected chi connectivity index (χ1v) is 8.35. The van der Waals surface area contributed by atoms with E-state index in [9.17, 15) is 8.42 Å². The van der Waals surface area contributed by atoms with Gasteiger partial charge in [-0.25, -0.2) is 0 Å². The Kier molecular flexibility index (Phi) is 4.98. The van der Waals surface area contributed by atoms with Crippen molar-refractivity contribution in [2.75, 3.05) is 10.8 Å². The van der Waals surface area contributed by atoms with Crippen LogP contribution in [0.1, 0.15) is 25.3 Å². The summed E-state index contributed by atoms with van der Waals surface area (Å²) in [7, 11) is -3.69. The van der Waals surface area contributed by atoms with Crippen molar-refractivity contribution in [1.29, 1.82) is 0 Å². The lowest BCUT2D eigenvalue weighted by Crippen LogP contribution is -2.33. The number of H-pyrrole nitrogens is 1. The monoisotopic (exact) mass is 308 g/mol. The molecule has 0 atom stereocenters. The Morgan fingerprint density at radius 1 is 1.29 bits per heavy atom. The van der Waals surface area contributed by atoms with E-state index in [0.717, 1.165) is 12.8 Å². The van der Waals surface area contributed by atoms with Crippen molar-refractivity contribution in [2.24, 2.45) is 5.73 Å². The van der Waals surface area contributed by atoms with Crippen LogP contribution in [0.3, 0.4) is 0 Å². The van der Waals surface area contributed by atoms with Crippen LogP contribution in [0.25, 0.3) is 0 Å². The average molecular weight is 308 g/mol. The highest BCUT2D eigenvalue weighted by Crippen LogP contribution is 2.24. The zero-order valence-electron chi connectivity index (χ0n) is 12.0. The minimum absolute atomic E-state index is 0.0740. The van der Waals surface area contributed by atoms with Crippen molar-refractivity contribution >= 4 is 15.7 Å². The van der Waals surface area contributed by atoms with E-state index in [2.05, 4.69) is 10.2 Å². The molecular weight excluding hydrogens is 288 g/mol. The third-order valence-electron chi connectivity index (χ3n) is 3.21. The number of para-hydroxylation sites is 1. The molecule has 0 aliphatic rings. The zero-order valence-corrected chi connectivity index (χ0v) is 12.8. The maximum Gasteiger partial charge on any atom is 0.281 e. The molecule has 1 aromatic heterocycles. The van der Waals surface area contributed by atoms with Crippen molar-refractivity contribution < 1.29 is 8.42 Å². The molecule has 0 fully saturated rings. The molecule has 1 heterocycles. The highest BCUT2D eigenvalue weighted by molar-refractivity contribution is 7.92. The van der Waals surface area contributed by atoms with E-state index in [1.165, 1.54) is 10.5 Å². The smallest absolute Gasteiger partial charge is 0.281 e. The van der Waals surface area contributed by atoms with Crippen molar-refractivity contribution in [3.05, 3.63) is 42.1 Å². The molecule has 0 radical (unpaired) electrons. The maximum atomic E-state index is 12.9. The van der Waals surface area contributed by atoms with Gasteiger partial charge in [-0.05, 0) is 18.6 Å². The Bertz CT molecular complexity index is 667. The second-order valence-corrected chi connectivity index (χ2v) is 6.49. The van der Waals surface area contributed by atoms with Gasteiger partial charge in [0.25, 0.3) is 10.0 Å². The molecule has 0 unspecified atom stereocenters. The number of benzene rings is 1. The van der Waals surface area contributed by atoms with Crippen LogP contribution in [-0.4, -0.2) is 25.2 Å². The number of nitrogens with one attached hydrogen (secondary N) is 1. The fraction of sp³-hybridized carbons (Fsp3) is 0.357. The van der Waals surface area contributed by atoms with Crippen molar-refractivity contribution in [3.63, 3.8) is 0 Å². The normalized spacial score (nSPS) is 11.5. The lowest BCUT2D eigenvalue weighted by Gasteiger charge is -2.24. The third kappa shape index (κ3) is 3.25. The summed E-state index contributed by atoms with van der Waals surface area (Å²) in [6, 6.07) is 9.06. The molecule has 3 N–H and O–H groups in total. The second kappa shape index (κ2) is 6.73. The molecule has 114 valence electrons. The van der Waals surface area contributed by atoms with E-state index >= 15 is 0 Å². The van der Waals surface area contributed by atoms with Gasteiger partial charge < -0.3 is 5.73 Å². The van der Waals surface area contributed by atoms with Crippen LogP contribution in [0, 0.1) is 0 Å². The van der Waals surface area contributed by atoms with Gasteiger partial charge in [0.15, 0.2) is 5.03 Å². The summed E-state index contributed by atoms with van der Waals surface area (Å²) in [5, 5.41) is 6.44. The van der Waals surface area contributed by atoms with Gasteiger partial charge in [0, 0.05) is 18.7 Å². The second-order valence-electron chi connectivity index (χ2n) is 4.69. The number of aromatic amines is 1. The Morgan fingerprint density at radius 3 is 2.62 bits per heavy atom. The van der Waals surface area contributed by atoms with Crippen LogP contribution < -0.4 is 10.0 Å². The summed E-state index contributed by atoms with van der Waals surface area (Å²) in [4.78, 5) is 0. The fourth-order valence-electron chi connectivity index (χ4n) is 2.06. The summed E-state index contributed by atoms with van der Waals surface area (Å²) in [5.74, 6) is 0. The zero-order chi connectivity index (χ0) is 15.3. The standard InChI is InChI=1S/C14H20N4O2S/c1-2-3-9-18(13-7-5-4-6-8-13)21(19,20)14-12(10-15)11-16-17-14/h4-8,11H,2-3,9-10,15H2,1H3,(H,16,17). The number of anilines is 1. The van der Waals surface area contributed by atoms with E-state index in [0.29, 0.717) is 17.8 Å². The molecule has 7 heteroatoms. The van der Waals surface area contributed by atoms with Crippen LogP contribution in [0.15, 0.2) is 41.6 Å². The molecule has 0 spiro atoms. The molecule has 0 amide bonds. The van der Waals surface area contributed by atoms with Gasteiger partial charge in [0.1, 0.15) is 0 Å². The number of unbranched alkanes of at least 4 members (excludes halogenated alkanes) is 1. The van der Waals surface area contributed by atoms with Crippen molar-refractivity contribution in [2.45, 2.75) is 31.3 Å². The summed E-state index contributed by atoms with van der Waals surface area (Å²) in [6.45, 7) is 2.57. The first-order chi connectivity index (χ1) is 10.1. The van der Waals surface area contributed by atoms with E-state index in [4.69, 9.17) is 5.73 Å². The predicted octanol–water partition coefficient (Wildman–Crippen LogP) is 1.86. The first-order valence-electron chi connectivity index (χ1n) is 6.91. The van der Waals surface area contributed by atoms with E-state index in [1.54, 1.807) is 12.1 Å². The van der Waals surface area contributed by atoms with Gasteiger partial charge in [-0.2, -0.15) is 13.5 Å². The Labute approximate surface area is 125 Å². The number of nitrogens with zero attached hydrogens (tertiary/aromatic N) is 2. The van der Waals surface area contributed by atoms with E-state index < -0.39 is 10.0 Å². The molecule has 0 aliphatic heterocycles. The van der Waals surface area contributed by atoms with E-state index in [1.807, 2.05) is 25.1 Å². The molecule has 6 nitrogen and oxygen atoms in total. The summed E-state index contributed by atoms with van der Waals surface area (Å²) >= 11 is 0. The molecule has 1 aromatic carbocycles. The third-order valence-corrected chi connectivity index (χ3v) is 5.05. The Morgan fingerprint density at radius 2 is 2.00 bits per heavy atom. The van der Waals surface area contributed by atoms with Crippen LogP contribution in [0.4, 0.5) is 5.69 Å². The number of rotatable bonds is 7. The van der Waals surface area contributed by atoms with Gasteiger partial charge in [-0.1, -0.05) is 31.5 Å². The molecular formula is C14H20N4O2S. The van der Waals surface area contributed by atoms with Crippen LogP contribution in [0.5, 0.6) is 0 Å². The fourth-order valence-corrected chi connectivity index (χ4v) is 3.69. The molecule has 0 saturated carbocycles. The number of sulfonamides is 1. The Hall–Kier alpha value is -1.86. The molecule has 2 aromatic rings. The molecule has 0 saturated heterocycles. The highest BCUT2D eigenvalue weighted by atomic mass is 32.2. The van der Waals surface area contributed by atoms with Crippen LogP contribution in [0.2, 0.25) is 0 Å². The topological polar surface area (TPSA) is 92.1 Å². The number of aromatic nitrogens is 2. The predicted molar refractivity (Wildman–Crippen MR) is 82.4 cm³/mol. The summed E-state index contributed by atoms with van der Waals surface area (Å²) < 4.78 is 27.2. The quantitative estimate of drug-likeness (QED) is 0.816. The lowest BCUT2D eigenvalue weighted by molar-refractivity contribution is 0.583. The van der Waals surface area contributed by atoms with E-state index in [-0.39, 0.29) is 11.6 Å². The number of hydrogen-bond acceptors (Lipinski definition) is 4. The van der Waals surface area contributed by atoms with Gasteiger partial charge in [-0.3, -0.25) is 9.40 Å². The summed E-state index contributed by atoms with van der Waals surface area (Å²) in [5.41, 5.74) is 6.72. The number of hydrogen-bond donors (Lipinski definition) is 2. The first kappa shape index (κ1) is 15.5. The van der Waals surface area contributed by atoms with Gasteiger partial charge >= 0.3 is 0 Å². The molecule has 2 rings (SSSR count). The Balaban J connectivity index is 2.45. The van der Waals surface area contributed by atoms with Gasteiger partial charge in [0.2, 0.25) is 0 Å². The molecule has 0 aliphatic carbocycles. The van der Waals surface area contributed by atoms with Crippen molar-refractivity contribution in [3.8, 4) is 0 Å². The SMILES string of the molecule is CCCCN(c1ccccc1)S(=O)(=O)c1[nH]ncc1CN. The largest absolute Gasteiger partial charge is 0.326 e. The molecule has 0 bridgehead atoms. The van der Waals surface area contributed by atoms with Gasteiger partial charge in [-0.15, -0.1) is 0 Å². The lowest BCUT2D eigenvalue weighted by atomic mass is 10.3. The minimum Gasteiger partial charge on any atom is -0.326 e. The van der Waals surface area contributed by atoms with Gasteiger partial charge in [0.05, 0.1) is 11.9 Å². The molecule has 21 heavy (non-hydrogen) atoms. The summed E-state index contributed by atoms with van der Waals surface area (Å²) in [6.07, 6.45) is 3.14. The van der Waals surface area contributed by atoms with Crippen LogP contribution >= 0.6 is 0 Å².